The number of benzene rings is 1. The first-order valence-electron chi connectivity index (χ1n) is 6.20. The van der Waals surface area contributed by atoms with Crippen molar-refractivity contribution in [2.75, 3.05) is 5.73 Å². The van der Waals surface area contributed by atoms with Crippen molar-refractivity contribution in [1.29, 1.82) is 0 Å². The second-order valence-electron chi connectivity index (χ2n) is 5.22. The first-order valence-corrected chi connectivity index (χ1v) is 7.69. The molecule has 0 aromatic heterocycles. The summed E-state index contributed by atoms with van der Waals surface area (Å²) in [5.74, 6) is 0. The molecule has 19 heavy (non-hydrogen) atoms. The lowest BCUT2D eigenvalue weighted by Crippen LogP contribution is -2.50. The molecule has 4 N–H and O–H groups in total. The SMILES string of the molecule is CCc1ccc(S(=O)(=O)NC(C)(C)C(C)O)cc1N. The van der Waals surface area contributed by atoms with Crippen LogP contribution in [-0.4, -0.2) is 25.2 Å². The van der Waals surface area contributed by atoms with Gasteiger partial charge in [-0.2, -0.15) is 0 Å². The largest absolute Gasteiger partial charge is 0.398 e. The van der Waals surface area contributed by atoms with Gasteiger partial charge in [0.05, 0.1) is 16.5 Å². The van der Waals surface area contributed by atoms with Crippen LogP contribution in [0.15, 0.2) is 23.1 Å². The Morgan fingerprint density at radius 2 is 2.00 bits per heavy atom. The monoisotopic (exact) mass is 286 g/mol. The second kappa shape index (κ2) is 5.48. The Labute approximate surface area is 114 Å². The molecule has 1 unspecified atom stereocenters. The van der Waals surface area contributed by atoms with Crippen LogP contribution >= 0.6 is 0 Å². The highest BCUT2D eigenvalue weighted by Gasteiger charge is 2.30. The van der Waals surface area contributed by atoms with Crippen molar-refractivity contribution in [3.8, 4) is 0 Å². The summed E-state index contributed by atoms with van der Waals surface area (Å²) in [6.45, 7) is 6.74. The highest BCUT2D eigenvalue weighted by molar-refractivity contribution is 7.89. The topological polar surface area (TPSA) is 92.4 Å². The molecule has 0 heterocycles. The lowest BCUT2D eigenvalue weighted by Gasteiger charge is -2.29. The number of nitrogens with one attached hydrogen (secondary N) is 1. The maximum atomic E-state index is 12.2. The van der Waals surface area contributed by atoms with Crippen LogP contribution in [-0.2, 0) is 16.4 Å². The average molecular weight is 286 g/mol. The van der Waals surface area contributed by atoms with Crippen LogP contribution in [0.4, 0.5) is 5.69 Å². The van der Waals surface area contributed by atoms with E-state index in [0.717, 1.165) is 12.0 Å². The van der Waals surface area contributed by atoms with Crippen LogP contribution in [0.25, 0.3) is 0 Å². The Morgan fingerprint density at radius 1 is 1.42 bits per heavy atom. The van der Waals surface area contributed by atoms with Crippen molar-refractivity contribution < 1.29 is 13.5 Å². The minimum Gasteiger partial charge on any atom is -0.398 e. The summed E-state index contributed by atoms with van der Waals surface area (Å²) < 4.78 is 26.9. The lowest BCUT2D eigenvalue weighted by molar-refractivity contribution is 0.111. The molecule has 1 aromatic carbocycles. The van der Waals surface area contributed by atoms with Gasteiger partial charge in [-0.25, -0.2) is 13.1 Å². The van der Waals surface area contributed by atoms with E-state index >= 15 is 0 Å². The molecule has 0 saturated heterocycles. The number of nitrogens with two attached hydrogens (primary N) is 1. The molecule has 0 radical (unpaired) electrons. The number of hydrogen-bond acceptors (Lipinski definition) is 4. The maximum Gasteiger partial charge on any atom is 0.241 e. The van der Waals surface area contributed by atoms with Gasteiger partial charge in [-0.05, 0) is 44.9 Å². The molecule has 6 heteroatoms. The summed E-state index contributed by atoms with van der Waals surface area (Å²) in [7, 11) is -3.70. The van der Waals surface area contributed by atoms with E-state index in [9.17, 15) is 13.5 Å². The van der Waals surface area contributed by atoms with Gasteiger partial charge < -0.3 is 10.8 Å². The number of rotatable bonds is 5. The summed E-state index contributed by atoms with van der Waals surface area (Å²) in [5, 5.41) is 9.58. The first kappa shape index (κ1) is 15.9. The van der Waals surface area contributed by atoms with Gasteiger partial charge in [0, 0.05) is 5.69 Å². The fourth-order valence-corrected chi connectivity index (χ4v) is 3.06. The lowest BCUT2D eigenvalue weighted by atomic mass is 10.0. The summed E-state index contributed by atoms with van der Waals surface area (Å²) >= 11 is 0. The van der Waals surface area contributed by atoms with E-state index in [0.29, 0.717) is 5.69 Å². The number of hydrogen-bond donors (Lipinski definition) is 3. The van der Waals surface area contributed by atoms with Gasteiger partial charge in [-0.3, -0.25) is 0 Å². The number of aliphatic hydroxyl groups is 1. The molecule has 0 saturated carbocycles. The Kier molecular flexibility index (Phi) is 4.60. The molecule has 0 fully saturated rings. The molecule has 0 spiro atoms. The molecule has 5 nitrogen and oxygen atoms in total. The molecule has 0 aliphatic heterocycles. The second-order valence-corrected chi connectivity index (χ2v) is 6.90. The van der Waals surface area contributed by atoms with Crippen molar-refractivity contribution in [1.82, 2.24) is 4.72 Å². The number of aliphatic hydroxyl groups excluding tert-OH is 1. The molecule has 108 valence electrons. The van der Waals surface area contributed by atoms with Crippen LogP contribution in [0.3, 0.4) is 0 Å². The van der Waals surface area contributed by atoms with Gasteiger partial charge in [0.25, 0.3) is 0 Å². The van der Waals surface area contributed by atoms with Crippen molar-refractivity contribution in [3.05, 3.63) is 23.8 Å². The van der Waals surface area contributed by atoms with Crippen molar-refractivity contribution in [3.63, 3.8) is 0 Å². The molecule has 0 aliphatic carbocycles. The predicted octanol–water partition coefficient (Wildman–Crippen LogP) is 1.27. The third-order valence-electron chi connectivity index (χ3n) is 3.25. The van der Waals surface area contributed by atoms with Crippen LogP contribution in [0.1, 0.15) is 33.3 Å². The van der Waals surface area contributed by atoms with Gasteiger partial charge in [-0.1, -0.05) is 13.0 Å². The quantitative estimate of drug-likeness (QED) is 0.711. The smallest absolute Gasteiger partial charge is 0.241 e. The van der Waals surface area contributed by atoms with E-state index in [1.807, 2.05) is 6.92 Å². The van der Waals surface area contributed by atoms with E-state index in [1.54, 1.807) is 19.9 Å². The van der Waals surface area contributed by atoms with Gasteiger partial charge >= 0.3 is 0 Å². The van der Waals surface area contributed by atoms with E-state index < -0.39 is 21.7 Å². The number of nitrogen functional groups attached to an aromatic ring is 1. The third kappa shape index (κ3) is 3.68. The summed E-state index contributed by atoms with van der Waals surface area (Å²) in [5.41, 5.74) is 6.23. The molecular weight excluding hydrogens is 264 g/mol. The van der Waals surface area contributed by atoms with Crippen molar-refractivity contribution >= 4 is 15.7 Å². The number of sulfonamides is 1. The van der Waals surface area contributed by atoms with E-state index in [1.165, 1.54) is 19.1 Å². The average Bonchev–Trinajstić information content (AvgIpc) is 2.27. The van der Waals surface area contributed by atoms with E-state index in [-0.39, 0.29) is 4.90 Å². The summed E-state index contributed by atoms with van der Waals surface area (Å²) in [6.07, 6.45) is -0.0618. The maximum absolute atomic E-state index is 12.2. The van der Waals surface area contributed by atoms with Crippen LogP contribution < -0.4 is 10.5 Å². The molecule has 1 atom stereocenters. The van der Waals surface area contributed by atoms with Crippen LogP contribution in [0, 0.1) is 0 Å². The summed E-state index contributed by atoms with van der Waals surface area (Å²) in [4.78, 5) is 0.107. The van der Waals surface area contributed by atoms with Gasteiger partial charge in [-0.15, -0.1) is 0 Å². The third-order valence-corrected chi connectivity index (χ3v) is 4.92. The van der Waals surface area contributed by atoms with Gasteiger partial charge in [0.1, 0.15) is 0 Å². The minimum absolute atomic E-state index is 0.107. The van der Waals surface area contributed by atoms with Crippen molar-refractivity contribution in [2.45, 2.75) is 50.7 Å². The fourth-order valence-electron chi connectivity index (χ4n) is 1.55. The zero-order chi connectivity index (χ0) is 14.8. The van der Waals surface area contributed by atoms with Crippen molar-refractivity contribution in [2.24, 2.45) is 0 Å². The van der Waals surface area contributed by atoms with Crippen LogP contribution in [0.2, 0.25) is 0 Å². The molecule has 0 bridgehead atoms. The first-order chi connectivity index (χ1) is 8.60. The number of anilines is 1. The van der Waals surface area contributed by atoms with Gasteiger partial charge in [0.15, 0.2) is 0 Å². The molecule has 1 rings (SSSR count). The molecular formula is C13H22N2O3S. The van der Waals surface area contributed by atoms with Gasteiger partial charge in [0.2, 0.25) is 10.0 Å². The summed E-state index contributed by atoms with van der Waals surface area (Å²) in [6, 6.07) is 4.67. The zero-order valence-electron chi connectivity index (χ0n) is 11.8. The highest BCUT2D eigenvalue weighted by atomic mass is 32.2. The zero-order valence-corrected chi connectivity index (χ0v) is 12.6. The highest BCUT2D eigenvalue weighted by Crippen LogP contribution is 2.20. The number of aryl methyl sites for hydroxylation is 1. The molecule has 1 aromatic rings. The normalized spacial score (nSPS) is 14.4. The van der Waals surface area contributed by atoms with E-state index in [4.69, 9.17) is 5.73 Å². The van der Waals surface area contributed by atoms with E-state index in [2.05, 4.69) is 4.72 Å². The minimum atomic E-state index is -3.70. The Hall–Kier alpha value is -1.11. The Bertz CT molecular complexity index is 551. The Balaban J connectivity index is 3.11. The van der Waals surface area contributed by atoms with Crippen LogP contribution in [0.5, 0.6) is 0 Å². The molecule has 0 amide bonds. The molecule has 0 aliphatic rings. The Morgan fingerprint density at radius 3 is 2.42 bits per heavy atom. The fraction of sp³-hybridized carbons (Fsp3) is 0.538. The standard InChI is InChI=1S/C13H22N2O3S/c1-5-10-6-7-11(8-12(10)14)19(17,18)15-13(3,4)9(2)16/h6-9,15-16H,5,14H2,1-4H3. The predicted molar refractivity (Wildman–Crippen MR) is 76.3 cm³/mol.